The highest BCUT2D eigenvalue weighted by Crippen LogP contribution is 2.29. The van der Waals surface area contributed by atoms with Crippen LogP contribution in [0.2, 0.25) is 0 Å². The minimum atomic E-state index is -1.39. The molecule has 3 nitrogen and oxygen atoms in total. The van der Waals surface area contributed by atoms with Crippen molar-refractivity contribution in [3.8, 4) is 0 Å². The predicted octanol–water partition coefficient (Wildman–Crippen LogP) is 3.21. The van der Waals surface area contributed by atoms with Crippen molar-refractivity contribution in [1.29, 1.82) is 0 Å². The number of carbonyl (C=O) groups is 2. The summed E-state index contributed by atoms with van der Waals surface area (Å²) in [6.45, 7) is 10.5. The standard InChI is InChI=1S/C15H20O3/c1-8-7-9(2)11(4)12(10(8)3)13(16)15(5,6)14(17)18/h7H,1-6H3,(H,17,18). The topological polar surface area (TPSA) is 54.4 Å². The number of carboxylic acids is 1. The average Bonchev–Trinajstić information content (AvgIpc) is 2.26. The van der Waals surface area contributed by atoms with Gasteiger partial charge in [0.1, 0.15) is 5.41 Å². The van der Waals surface area contributed by atoms with Crippen molar-refractivity contribution in [2.24, 2.45) is 5.41 Å². The van der Waals surface area contributed by atoms with Gasteiger partial charge in [-0.15, -0.1) is 0 Å². The highest BCUT2D eigenvalue weighted by atomic mass is 16.4. The lowest BCUT2D eigenvalue weighted by Gasteiger charge is -2.22. The Morgan fingerprint density at radius 1 is 1.00 bits per heavy atom. The Morgan fingerprint density at radius 3 is 1.72 bits per heavy atom. The summed E-state index contributed by atoms with van der Waals surface area (Å²) in [5.74, 6) is -1.41. The zero-order valence-corrected chi connectivity index (χ0v) is 11.8. The van der Waals surface area contributed by atoms with E-state index < -0.39 is 11.4 Å². The number of carbonyl (C=O) groups excluding carboxylic acids is 1. The first kappa shape index (κ1) is 14.4. The van der Waals surface area contributed by atoms with Crippen molar-refractivity contribution in [2.45, 2.75) is 41.5 Å². The van der Waals surface area contributed by atoms with E-state index in [0.717, 1.165) is 22.3 Å². The quantitative estimate of drug-likeness (QED) is 0.660. The summed E-state index contributed by atoms with van der Waals surface area (Å²) in [5.41, 5.74) is 2.94. The lowest BCUT2D eigenvalue weighted by atomic mass is 9.79. The van der Waals surface area contributed by atoms with Gasteiger partial charge in [0.05, 0.1) is 0 Å². The van der Waals surface area contributed by atoms with Crippen LogP contribution in [-0.2, 0) is 4.79 Å². The van der Waals surface area contributed by atoms with E-state index >= 15 is 0 Å². The Balaban J connectivity index is 3.52. The van der Waals surface area contributed by atoms with Gasteiger partial charge in [0.15, 0.2) is 5.78 Å². The van der Waals surface area contributed by atoms with Crippen LogP contribution in [-0.4, -0.2) is 16.9 Å². The molecular weight excluding hydrogens is 228 g/mol. The Bertz CT molecular complexity index is 499. The molecular formula is C15H20O3. The number of carboxylic acid groups (broad SMARTS) is 1. The average molecular weight is 248 g/mol. The molecule has 0 saturated carbocycles. The van der Waals surface area contributed by atoms with Crippen LogP contribution in [0.1, 0.15) is 46.5 Å². The van der Waals surface area contributed by atoms with Crippen molar-refractivity contribution in [3.05, 3.63) is 33.9 Å². The number of rotatable bonds is 3. The molecule has 0 heterocycles. The van der Waals surface area contributed by atoms with E-state index in [2.05, 4.69) is 0 Å². The number of hydrogen-bond acceptors (Lipinski definition) is 2. The number of benzene rings is 1. The van der Waals surface area contributed by atoms with Crippen LogP contribution in [0.5, 0.6) is 0 Å². The fourth-order valence-corrected chi connectivity index (χ4v) is 1.97. The number of aliphatic carboxylic acids is 1. The fraction of sp³-hybridized carbons (Fsp3) is 0.467. The van der Waals surface area contributed by atoms with Gasteiger partial charge in [0, 0.05) is 5.56 Å². The number of aryl methyl sites for hydroxylation is 2. The second-order valence-corrected chi connectivity index (χ2v) is 5.39. The van der Waals surface area contributed by atoms with E-state index in [-0.39, 0.29) is 5.78 Å². The Hall–Kier alpha value is -1.64. The molecule has 1 rings (SSSR count). The molecule has 1 aromatic carbocycles. The zero-order chi connectivity index (χ0) is 14.2. The molecule has 0 fully saturated rings. The summed E-state index contributed by atoms with van der Waals surface area (Å²) in [6, 6.07) is 2.02. The molecule has 0 aliphatic rings. The SMILES string of the molecule is Cc1cc(C)c(C)c(C(=O)C(C)(C)C(=O)O)c1C. The molecule has 18 heavy (non-hydrogen) atoms. The van der Waals surface area contributed by atoms with E-state index in [4.69, 9.17) is 0 Å². The monoisotopic (exact) mass is 248 g/mol. The van der Waals surface area contributed by atoms with Gasteiger partial charge in [0.2, 0.25) is 0 Å². The van der Waals surface area contributed by atoms with Gasteiger partial charge >= 0.3 is 5.97 Å². The highest BCUT2D eigenvalue weighted by Gasteiger charge is 2.38. The maximum atomic E-state index is 12.5. The first-order valence-electron chi connectivity index (χ1n) is 5.96. The summed E-state index contributed by atoms with van der Waals surface area (Å²) in [6.07, 6.45) is 0. The molecule has 0 aromatic heterocycles. The molecule has 0 aliphatic carbocycles. The van der Waals surface area contributed by atoms with Crippen molar-refractivity contribution < 1.29 is 14.7 Å². The van der Waals surface area contributed by atoms with Gasteiger partial charge in [-0.2, -0.15) is 0 Å². The fourth-order valence-electron chi connectivity index (χ4n) is 1.97. The van der Waals surface area contributed by atoms with Gasteiger partial charge < -0.3 is 5.11 Å². The molecule has 98 valence electrons. The van der Waals surface area contributed by atoms with Gasteiger partial charge in [-0.05, 0) is 63.8 Å². The molecule has 3 heteroatoms. The largest absolute Gasteiger partial charge is 0.481 e. The van der Waals surface area contributed by atoms with Crippen LogP contribution in [0.4, 0.5) is 0 Å². The van der Waals surface area contributed by atoms with E-state index in [1.807, 2.05) is 33.8 Å². The molecule has 0 atom stereocenters. The molecule has 0 unspecified atom stereocenters. The summed E-state index contributed by atoms with van der Waals surface area (Å²) in [5, 5.41) is 9.17. The lowest BCUT2D eigenvalue weighted by molar-refractivity contribution is -0.144. The smallest absolute Gasteiger partial charge is 0.316 e. The maximum Gasteiger partial charge on any atom is 0.316 e. The molecule has 1 N–H and O–H groups in total. The van der Waals surface area contributed by atoms with Gasteiger partial charge in [-0.25, -0.2) is 0 Å². The molecule has 1 aromatic rings. The van der Waals surface area contributed by atoms with Crippen molar-refractivity contribution in [1.82, 2.24) is 0 Å². The van der Waals surface area contributed by atoms with Crippen molar-refractivity contribution >= 4 is 11.8 Å². The third-order valence-corrected chi connectivity index (χ3v) is 3.70. The normalized spacial score (nSPS) is 11.4. The highest BCUT2D eigenvalue weighted by molar-refractivity contribution is 6.13. The summed E-state index contributed by atoms with van der Waals surface area (Å²) >= 11 is 0. The van der Waals surface area contributed by atoms with Gasteiger partial charge in [-0.3, -0.25) is 9.59 Å². The van der Waals surface area contributed by atoms with Crippen LogP contribution < -0.4 is 0 Å². The van der Waals surface area contributed by atoms with Gasteiger partial charge in [-0.1, -0.05) is 6.07 Å². The summed E-state index contributed by atoms with van der Waals surface area (Å²) < 4.78 is 0. The minimum Gasteiger partial charge on any atom is -0.481 e. The second-order valence-electron chi connectivity index (χ2n) is 5.39. The van der Waals surface area contributed by atoms with Crippen molar-refractivity contribution in [3.63, 3.8) is 0 Å². The van der Waals surface area contributed by atoms with E-state index in [0.29, 0.717) is 5.56 Å². The van der Waals surface area contributed by atoms with Gasteiger partial charge in [0.25, 0.3) is 0 Å². The summed E-state index contributed by atoms with van der Waals surface area (Å²) in [7, 11) is 0. The Morgan fingerprint density at radius 2 is 1.39 bits per heavy atom. The Kier molecular flexibility index (Phi) is 3.65. The van der Waals surface area contributed by atoms with E-state index in [1.165, 1.54) is 13.8 Å². The van der Waals surface area contributed by atoms with Crippen LogP contribution >= 0.6 is 0 Å². The molecule has 0 aliphatic heterocycles. The van der Waals surface area contributed by atoms with Crippen molar-refractivity contribution in [2.75, 3.05) is 0 Å². The minimum absolute atomic E-state index is 0.322. The van der Waals surface area contributed by atoms with E-state index in [9.17, 15) is 14.7 Å². The number of ketones is 1. The Labute approximate surface area is 108 Å². The maximum absolute atomic E-state index is 12.5. The van der Waals surface area contributed by atoms with Crippen LogP contribution in [0, 0.1) is 33.1 Å². The molecule has 0 bridgehead atoms. The molecule has 0 saturated heterocycles. The first-order chi connectivity index (χ1) is 8.10. The third-order valence-electron chi connectivity index (χ3n) is 3.70. The van der Waals surface area contributed by atoms with Crippen LogP contribution in [0.3, 0.4) is 0 Å². The second kappa shape index (κ2) is 4.56. The molecule has 0 spiro atoms. The first-order valence-corrected chi connectivity index (χ1v) is 5.96. The summed E-state index contributed by atoms with van der Waals surface area (Å²) in [4.78, 5) is 23.7. The molecule has 0 radical (unpaired) electrons. The molecule has 0 amide bonds. The zero-order valence-electron chi connectivity index (χ0n) is 11.8. The number of Topliss-reactive ketones (excluding diaryl/α,β-unsaturated/α-hetero) is 1. The lowest BCUT2D eigenvalue weighted by Crippen LogP contribution is -2.34. The van der Waals surface area contributed by atoms with Crippen LogP contribution in [0.15, 0.2) is 6.07 Å². The van der Waals surface area contributed by atoms with E-state index in [1.54, 1.807) is 0 Å². The number of hydrogen-bond donors (Lipinski definition) is 1. The third kappa shape index (κ3) is 2.17. The van der Waals surface area contributed by atoms with Crippen LogP contribution in [0.25, 0.3) is 0 Å². The predicted molar refractivity (Wildman–Crippen MR) is 71.1 cm³/mol.